The molecule has 0 saturated carbocycles. The highest BCUT2D eigenvalue weighted by Crippen LogP contribution is 2.26. The van der Waals surface area contributed by atoms with Crippen LogP contribution in [0.5, 0.6) is 11.5 Å². The molecular weight excluding hydrogens is 338 g/mol. The summed E-state index contributed by atoms with van der Waals surface area (Å²) in [5.41, 5.74) is 3.85. The third kappa shape index (κ3) is 5.25. The van der Waals surface area contributed by atoms with Crippen LogP contribution < -0.4 is 14.8 Å². The van der Waals surface area contributed by atoms with E-state index in [1.807, 2.05) is 44.2 Å². The fraction of sp³-hybridized carbons (Fsp3) is 0.435. The lowest BCUT2D eigenvalue weighted by Crippen LogP contribution is -2.43. The maximum Gasteiger partial charge on any atom is 0.261 e. The molecule has 27 heavy (non-hydrogen) atoms. The van der Waals surface area contributed by atoms with E-state index in [-0.39, 0.29) is 11.9 Å². The van der Waals surface area contributed by atoms with Crippen molar-refractivity contribution in [3.05, 3.63) is 59.2 Å². The van der Waals surface area contributed by atoms with Crippen molar-refractivity contribution in [1.82, 2.24) is 5.32 Å². The van der Waals surface area contributed by atoms with E-state index in [1.165, 1.54) is 24.0 Å². The van der Waals surface area contributed by atoms with Gasteiger partial charge >= 0.3 is 0 Å². The summed E-state index contributed by atoms with van der Waals surface area (Å²) in [6.07, 6.45) is 4.18. The van der Waals surface area contributed by atoms with Gasteiger partial charge in [0.25, 0.3) is 5.91 Å². The van der Waals surface area contributed by atoms with Crippen LogP contribution in [-0.2, 0) is 17.6 Å². The minimum absolute atomic E-state index is 0.105. The number of fused-ring (bicyclic) bond motifs is 1. The van der Waals surface area contributed by atoms with Gasteiger partial charge < -0.3 is 14.8 Å². The first kappa shape index (κ1) is 19.3. The van der Waals surface area contributed by atoms with Gasteiger partial charge in [-0.3, -0.25) is 4.79 Å². The number of amides is 1. The number of benzene rings is 2. The molecule has 0 aliphatic heterocycles. The van der Waals surface area contributed by atoms with E-state index in [1.54, 1.807) is 6.92 Å². The van der Waals surface area contributed by atoms with Gasteiger partial charge in [-0.1, -0.05) is 24.3 Å². The summed E-state index contributed by atoms with van der Waals surface area (Å²) in [5, 5.41) is 2.96. The van der Waals surface area contributed by atoms with Gasteiger partial charge in [-0.25, -0.2) is 0 Å². The Bertz CT molecular complexity index is 787. The average Bonchev–Trinajstić information content (AvgIpc) is 2.67. The summed E-state index contributed by atoms with van der Waals surface area (Å²) in [6.45, 7) is 6.14. The molecule has 0 fully saturated rings. The largest absolute Gasteiger partial charge is 0.491 e. The van der Waals surface area contributed by atoms with E-state index in [9.17, 15) is 4.79 Å². The molecule has 0 unspecified atom stereocenters. The average molecular weight is 367 g/mol. The van der Waals surface area contributed by atoms with Crippen molar-refractivity contribution in [3.63, 3.8) is 0 Å². The Kier molecular flexibility index (Phi) is 6.38. The van der Waals surface area contributed by atoms with Crippen molar-refractivity contribution < 1.29 is 14.3 Å². The van der Waals surface area contributed by atoms with E-state index in [2.05, 4.69) is 17.4 Å². The lowest BCUT2D eigenvalue weighted by Gasteiger charge is -2.21. The second kappa shape index (κ2) is 8.94. The van der Waals surface area contributed by atoms with E-state index in [0.717, 1.165) is 29.9 Å². The van der Waals surface area contributed by atoms with Crippen LogP contribution >= 0.6 is 0 Å². The van der Waals surface area contributed by atoms with Crippen LogP contribution in [0.2, 0.25) is 0 Å². The van der Waals surface area contributed by atoms with E-state index in [4.69, 9.17) is 9.47 Å². The van der Waals surface area contributed by atoms with Gasteiger partial charge in [0.15, 0.2) is 6.10 Å². The Labute approximate surface area is 161 Å². The number of rotatable bonds is 7. The first-order chi connectivity index (χ1) is 13.0. The normalized spacial score (nSPS) is 15.4. The number of carbonyl (C=O) groups excluding carboxylic acids is 1. The SMILES string of the molecule is Cc1ccccc1OC[C@H](C)NC(=O)[C@@H](C)Oc1ccc2c(c1)CCCC2. The summed E-state index contributed by atoms with van der Waals surface area (Å²) < 4.78 is 11.7. The zero-order valence-corrected chi connectivity index (χ0v) is 16.5. The number of carbonyl (C=O) groups is 1. The molecule has 144 valence electrons. The second-order valence-corrected chi connectivity index (χ2v) is 7.38. The number of nitrogens with one attached hydrogen (secondary N) is 1. The lowest BCUT2D eigenvalue weighted by atomic mass is 9.92. The van der Waals surface area contributed by atoms with Gasteiger partial charge in [0.1, 0.15) is 18.1 Å². The predicted octanol–water partition coefficient (Wildman–Crippen LogP) is 4.22. The fourth-order valence-corrected chi connectivity index (χ4v) is 3.38. The van der Waals surface area contributed by atoms with Gasteiger partial charge in [-0.2, -0.15) is 0 Å². The van der Waals surface area contributed by atoms with Crippen molar-refractivity contribution in [2.75, 3.05) is 6.61 Å². The van der Waals surface area contributed by atoms with Crippen LogP contribution in [0.3, 0.4) is 0 Å². The van der Waals surface area contributed by atoms with E-state index >= 15 is 0 Å². The van der Waals surface area contributed by atoms with Crippen LogP contribution in [0.4, 0.5) is 0 Å². The maximum absolute atomic E-state index is 12.4. The highest BCUT2D eigenvalue weighted by molar-refractivity contribution is 5.81. The van der Waals surface area contributed by atoms with Crippen molar-refractivity contribution >= 4 is 5.91 Å². The number of para-hydroxylation sites is 1. The van der Waals surface area contributed by atoms with Crippen molar-refractivity contribution in [1.29, 1.82) is 0 Å². The van der Waals surface area contributed by atoms with Crippen LogP contribution in [0.15, 0.2) is 42.5 Å². The molecule has 2 aromatic carbocycles. The third-order valence-corrected chi connectivity index (χ3v) is 4.97. The monoisotopic (exact) mass is 367 g/mol. The summed E-state index contributed by atoms with van der Waals surface area (Å²) in [5.74, 6) is 1.48. The summed E-state index contributed by atoms with van der Waals surface area (Å²) in [7, 11) is 0. The molecule has 0 radical (unpaired) electrons. The molecule has 2 aromatic rings. The molecule has 0 heterocycles. The molecule has 0 bridgehead atoms. The summed E-state index contributed by atoms with van der Waals surface area (Å²) in [4.78, 5) is 12.4. The van der Waals surface area contributed by atoms with Gasteiger partial charge in [0, 0.05) is 0 Å². The van der Waals surface area contributed by atoms with Gasteiger partial charge in [-0.15, -0.1) is 0 Å². The second-order valence-electron chi connectivity index (χ2n) is 7.38. The van der Waals surface area contributed by atoms with Crippen LogP contribution in [0.1, 0.15) is 43.4 Å². The van der Waals surface area contributed by atoms with E-state index in [0.29, 0.717) is 6.61 Å². The molecule has 2 atom stereocenters. The standard InChI is InChI=1S/C23H29NO3/c1-16-8-4-7-11-22(16)26-15-17(2)24-23(25)18(3)27-21-13-12-19-9-5-6-10-20(19)14-21/h4,7-8,11-14,17-18H,5-6,9-10,15H2,1-3H3,(H,24,25)/t17-,18+/m0/s1. The zero-order chi connectivity index (χ0) is 19.2. The van der Waals surface area contributed by atoms with Crippen LogP contribution in [0.25, 0.3) is 0 Å². The Hall–Kier alpha value is -2.49. The molecule has 0 spiro atoms. The molecular formula is C23H29NO3. The first-order valence-corrected chi connectivity index (χ1v) is 9.80. The molecule has 1 aliphatic carbocycles. The minimum Gasteiger partial charge on any atom is -0.491 e. The number of hydrogen-bond donors (Lipinski definition) is 1. The molecule has 4 nitrogen and oxygen atoms in total. The Morgan fingerprint density at radius 2 is 1.81 bits per heavy atom. The molecule has 1 aliphatic rings. The Morgan fingerprint density at radius 1 is 1.07 bits per heavy atom. The Morgan fingerprint density at radius 3 is 2.59 bits per heavy atom. The molecule has 0 aromatic heterocycles. The molecule has 1 amide bonds. The van der Waals surface area contributed by atoms with E-state index < -0.39 is 6.10 Å². The Balaban J connectivity index is 1.49. The maximum atomic E-state index is 12.4. The van der Waals surface area contributed by atoms with Crippen molar-refractivity contribution in [2.24, 2.45) is 0 Å². The third-order valence-electron chi connectivity index (χ3n) is 4.97. The molecule has 1 N–H and O–H groups in total. The highest BCUT2D eigenvalue weighted by atomic mass is 16.5. The zero-order valence-electron chi connectivity index (χ0n) is 16.5. The topological polar surface area (TPSA) is 47.6 Å². The highest BCUT2D eigenvalue weighted by Gasteiger charge is 2.18. The number of ether oxygens (including phenoxy) is 2. The molecule has 4 heteroatoms. The predicted molar refractivity (Wildman–Crippen MR) is 107 cm³/mol. The van der Waals surface area contributed by atoms with Crippen molar-refractivity contribution in [2.45, 2.75) is 58.6 Å². The lowest BCUT2D eigenvalue weighted by molar-refractivity contribution is -0.128. The smallest absolute Gasteiger partial charge is 0.261 e. The van der Waals surface area contributed by atoms with Gasteiger partial charge in [0.05, 0.1) is 6.04 Å². The molecule has 3 rings (SSSR count). The quantitative estimate of drug-likeness (QED) is 0.797. The van der Waals surface area contributed by atoms with Gasteiger partial charge in [-0.05, 0) is 81.3 Å². The van der Waals surface area contributed by atoms with Crippen LogP contribution in [-0.4, -0.2) is 24.7 Å². The van der Waals surface area contributed by atoms with Crippen LogP contribution in [0, 0.1) is 6.92 Å². The summed E-state index contributed by atoms with van der Waals surface area (Å²) in [6, 6.07) is 14.0. The first-order valence-electron chi connectivity index (χ1n) is 9.80. The number of aryl methyl sites for hydroxylation is 3. The van der Waals surface area contributed by atoms with Gasteiger partial charge in [0.2, 0.25) is 0 Å². The molecule has 0 saturated heterocycles. The number of hydrogen-bond acceptors (Lipinski definition) is 3. The summed E-state index contributed by atoms with van der Waals surface area (Å²) >= 11 is 0. The minimum atomic E-state index is -0.549. The fourth-order valence-electron chi connectivity index (χ4n) is 3.38. The van der Waals surface area contributed by atoms with Crippen molar-refractivity contribution in [3.8, 4) is 11.5 Å².